The fourth-order valence-electron chi connectivity index (χ4n) is 2.95. The third-order valence-electron chi connectivity index (χ3n) is 3.89. The van der Waals surface area contributed by atoms with E-state index in [0.717, 1.165) is 31.4 Å². The van der Waals surface area contributed by atoms with Crippen molar-refractivity contribution in [3.63, 3.8) is 0 Å². The lowest BCUT2D eigenvalue weighted by molar-refractivity contribution is 0.201. The van der Waals surface area contributed by atoms with Crippen molar-refractivity contribution >= 4 is 0 Å². The molecule has 1 N–H and O–H groups in total. The molecule has 0 saturated carbocycles. The molecule has 1 heterocycles. The first-order chi connectivity index (χ1) is 9.20. The second kappa shape index (κ2) is 6.92. The van der Waals surface area contributed by atoms with Crippen LogP contribution in [-0.4, -0.2) is 37.7 Å². The normalized spacial score (nSPS) is 23.7. The first-order valence-electron chi connectivity index (χ1n) is 7.30. The highest BCUT2D eigenvalue weighted by Crippen LogP contribution is 2.22. The third kappa shape index (κ3) is 3.95. The van der Waals surface area contributed by atoms with Gasteiger partial charge in [0, 0.05) is 31.2 Å². The van der Waals surface area contributed by atoms with E-state index in [2.05, 4.69) is 42.3 Å². The lowest BCUT2D eigenvalue weighted by Gasteiger charge is -2.21. The standard InChI is InChI=1S/C16H26N2O/c1-13-10-14(2)18(12-13)8-9-19-16-7-5-4-6-15(16)11-17-3/h4-7,13-14,17H,8-12H2,1-3H3. The van der Waals surface area contributed by atoms with E-state index in [0.29, 0.717) is 6.04 Å². The minimum Gasteiger partial charge on any atom is -0.492 e. The smallest absolute Gasteiger partial charge is 0.123 e. The van der Waals surface area contributed by atoms with Crippen LogP contribution in [0.2, 0.25) is 0 Å². The third-order valence-corrected chi connectivity index (χ3v) is 3.89. The molecule has 1 aliphatic rings. The van der Waals surface area contributed by atoms with Gasteiger partial charge >= 0.3 is 0 Å². The molecule has 0 aromatic heterocycles. The van der Waals surface area contributed by atoms with Crippen LogP contribution in [0.3, 0.4) is 0 Å². The van der Waals surface area contributed by atoms with E-state index >= 15 is 0 Å². The molecular formula is C16H26N2O. The molecule has 3 nitrogen and oxygen atoms in total. The summed E-state index contributed by atoms with van der Waals surface area (Å²) in [4.78, 5) is 2.53. The molecule has 0 radical (unpaired) electrons. The molecule has 1 fully saturated rings. The van der Waals surface area contributed by atoms with Crippen LogP contribution in [0.15, 0.2) is 24.3 Å². The quantitative estimate of drug-likeness (QED) is 0.852. The molecule has 1 aromatic rings. The summed E-state index contributed by atoms with van der Waals surface area (Å²) in [6.07, 6.45) is 1.32. The Labute approximate surface area is 116 Å². The van der Waals surface area contributed by atoms with Crippen LogP contribution in [0.25, 0.3) is 0 Å². The molecule has 3 heteroatoms. The average Bonchev–Trinajstić information content (AvgIpc) is 2.70. The van der Waals surface area contributed by atoms with Crippen LogP contribution in [0.4, 0.5) is 0 Å². The molecule has 1 aromatic carbocycles. The van der Waals surface area contributed by atoms with Crippen molar-refractivity contribution in [2.24, 2.45) is 5.92 Å². The summed E-state index contributed by atoms with van der Waals surface area (Å²) in [5.41, 5.74) is 1.23. The summed E-state index contributed by atoms with van der Waals surface area (Å²) in [5, 5.41) is 3.18. The number of hydrogen-bond acceptors (Lipinski definition) is 3. The Hall–Kier alpha value is -1.06. The Morgan fingerprint density at radius 2 is 2.11 bits per heavy atom. The van der Waals surface area contributed by atoms with Gasteiger partial charge < -0.3 is 10.1 Å². The second-order valence-corrected chi connectivity index (χ2v) is 5.67. The SMILES string of the molecule is CNCc1ccccc1OCCN1CC(C)CC1C. The molecule has 19 heavy (non-hydrogen) atoms. The van der Waals surface area contributed by atoms with Crippen LogP contribution < -0.4 is 10.1 Å². The Kier molecular flexibility index (Phi) is 5.23. The van der Waals surface area contributed by atoms with Crippen LogP contribution in [0.1, 0.15) is 25.8 Å². The van der Waals surface area contributed by atoms with Gasteiger partial charge in [0.15, 0.2) is 0 Å². The van der Waals surface area contributed by atoms with Gasteiger partial charge in [-0.2, -0.15) is 0 Å². The number of nitrogens with one attached hydrogen (secondary N) is 1. The van der Waals surface area contributed by atoms with Gasteiger partial charge in [0.1, 0.15) is 12.4 Å². The molecule has 1 saturated heterocycles. The summed E-state index contributed by atoms with van der Waals surface area (Å²) in [5.74, 6) is 1.84. The van der Waals surface area contributed by atoms with Crippen LogP contribution >= 0.6 is 0 Å². The zero-order valence-corrected chi connectivity index (χ0v) is 12.4. The van der Waals surface area contributed by atoms with Gasteiger partial charge in [-0.25, -0.2) is 0 Å². The van der Waals surface area contributed by atoms with Crippen molar-refractivity contribution < 1.29 is 4.74 Å². The number of likely N-dealkylation sites (tertiary alicyclic amines) is 1. The Bertz CT molecular complexity index is 394. The monoisotopic (exact) mass is 262 g/mol. The summed E-state index contributed by atoms with van der Waals surface area (Å²) >= 11 is 0. The predicted octanol–water partition coefficient (Wildman–Crippen LogP) is 2.52. The largest absolute Gasteiger partial charge is 0.492 e. The molecule has 2 rings (SSSR count). The number of rotatable bonds is 6. The molecule has 0 bridgehead atoms. The van der Waals surface area contributed by atoms with Gasteiger partial charge in [0.25, 0.3) is 0 Å². The van der Waals surface area contributed by atoms with E-state index in [1.165, 1.54) is 18.5 Å². The Balaban J connectivity index is 1.82. The molecule has 2 unspecified atom stereocenters. The lowest BCUT2D eigenvalue weighted by Crippen LogP contribution is -2.31. The van der Waals surface area contributed by atoms with Gasteiger partial charge in [-0.15, -0.1) is 0 Å². The predicted molar refractivity (Wildman–Crippen MR) is 79.5 cm³/mol. The number of benzene rings is 1. The van der Waals surface area contributed by atoms with E-state index in [4.69, 9.17) is 4.74 Å². The van der Waals surface area contributed by atoms with Crippen molar-refractivity contribution in [2.75, 3.05) is 26.7 Å². The fourth-order valence-corrected chi connectivity index (χ4v) is 2.95. The zero-order valence-electron chi connectivity index (χ0n) is 12.4. The minimum atomic E-state index is 0.700. The van der Waals surface area contributed by atoms with Crippen molar-refractivity contribution in [2.45, 2.75) is 32.9 Å². The van der Waals surface area contributed by atoms with E-state index in [1.807, 2.05) is 13.1 Å². The first kappa shape index (κ1) is 14.4. The molecule has 0 amide bonds. The van der Waals surface area contributed by atoms with Gasteiger partial charge in [0.2, 0.25) is 0 Å². The van der Waals surface area contributed by atoms with Gasteiger partial charge in [-0.1, -0.05) is 25.1 Å². The van der Waals surface area contributed by atoms with E-state index in [9.17, 15) is 0 Å². The van der Waals surface area contributed by atoms with Crippen LogP contribution in [0.5, 0.6) is 5.75 Å². The summed E-state index contributed by atoms with van der Waals surface area (Å²) in [6.45, 7) is 8.52. The Morgan fingerprint density at radius 1 is 1.32 bits per heavy atom. The van der Waals surface area contributed by atoms with Crippen LogP contribution in [-0.2, 0) is 6.54 Å². The minimum absolute atomic E-state index is 0.700. The van der Waals surface area contributed by atoms with Gasteiger partial charge in [0.05, 0.1) is 0 Å². The number of para-hydroxylation sites is 1. The molecule has 0 spiro atoms. The highest BCUT2D eigenvalue weighted by atomic mass is 16.5. The highest BCUT2D eigenvalue weighted by molar-refractivity contribution is 5.33. The van der Waals surface area contributed by atoms with E-state index in [-0.39, 0.29) is 0 Å². The molecule has 0 aliphatic carbocycles. The van der Waals surface area contributed by atoms with Crippen molar-refractivity contribution in [1.82, 2.24) is 10.2 Å². The van der Waals surface area contributed by atoms with Crippen molar-refractivity contribution in [1.29, 1.82) is 0 Å². The average molecular weight is 262 g/mol. The van der Waals surface area contributed by atoms with Gasteiger partial charge in [-0.3, -0.25) is 4.90 Å². The maximum Gasteiger partial charge on any atom is 0.123 e. The summed E-state index contributed by atoms with van der Waals surface area (Å²) in [7, 11) is 1.96. The number of ether oxygens (including phenoxy) is 1. The van der Waals surface area contributed by atoms with Crippen LogP contribution in [0, 0.1) is 5.92 Å². The maximum atomic E-state index is 5.95. The Morgan fingerprint density at radius 3 is 2.79 bits per heavy atom. The van der Waals surface area contributed by atoms with E-state index < -0.39 is 0 Å². The lowest BCUT2D eigenvalue weighted by atomic mass is 10.1. The van der Waals surface area contributed by atoms with Crippen molar-refractivity contribution in [3.8, 4) is 5.75 Å². The molecule has 1 aliphatic heterocycles. The zero-order chi connectivity index (χ0) is 13.7. The second-order valence-electron chi connectivity index (χ2n) is 5.67. The molecular weight excluding hydrogens is 236 g/mol. The van der Waals surface area contributed by atoms with Gasteiger partial charge in [-0.05, 0) is 32.4 Å². The molecule has 106 valence electrons. The number of hydrogen-bond donors (Lipinski definition) is 1. The molecule has 2 atom stereocenters. The number of nitrogens with zero attached hydrogens (tertiary/aromatic N) is 1. The first-order valence-corrected chi connectivity index (χ1v) is 7.30. The van der Waals surface area contributed by atoms with E-state index in [1.54, 1.807) is 0 Å². The summed E-state index contributed by atoms with van der Waals surface area (Å²) < 4.78 is 5.95. The summed E-state index contributed by atoms with van der Waals surface area (Å²) in [6, 6.07) is 8.97. The van der Waals surface area contributed by atoms with Crippen molar-refractivity contribution in [3.05, 3.63) is 29.8 Å². The maximum absolute atomic E-state index is 5.95. The highest BCUT2D eigenvalue weighted by Gasteiger charge is 2.25. The fraction of sp³-hybridized carbons (Fsp3) is 0.625. The topological polar surface area (TPSA) is 24.5 Å².